The summed E-state index contributed by atoms with van der Waals surface area (Å²) >= 11 is 0. The summed E-state index contributed by atoms with van der Waals surface area (Å²) in [5.41, 5.74) is 1.16. The first kappa shape index (κ1) is 10.8. The largest absolute Gasteiger partial charge is 0.313 e. The second-order valence-corrected chi connectivity index (χ2v) is 3.60. The Kier molecular flexibility index (Phi) is 2.96. The monoisotopic (exact) mass is 222 g/mol. The molecule has 0 amide bonds. The maximum absolute atomic E-state index is 13.6. The molecule has 1 aromatic carbocycles. The van der Waals surface area contributed by atoms with E-state index < -0.39 is 10.7 Å². The van der Waals surface area contributed by atoms with Gasteiger partial charge in [0.2, 0.25) is 0 Å². The molecule has 1 aliphatic heterocycles. The van der Waals surface area contributed by atoms with Crippen LogP contribution in [0.1, 0.15) is 12.0 Å². The first-order valence-electron chi connectivity index (χ1n) is 5.02. The Labute approximate surface area is 91.9 Å². The van der Waals surface area contributed by atoms with E-state index in [1.165, 1.54) is 12.1 Å². The minimum atomic E-state index is -0.594. The lowest BCUT2D eigenvalue weighted by molar-refractivity contribution is -0.385. The van der Waals surface area contributed by atoms with E-state index in [4.69, 9.17) is 0 Å². The van der Waals surface area contributed by atoms with Crippen molar-refractivity contribution in [2.24, 2.45) is 0 Å². The van der Waals surface area contributed by atoms with Crippen LogP contribution < -0.4 is 5.32 Å². The lowest BCUT2D eigenvalue weighted by atomic mass is 9.99. The molecule has 1 N–H and O–H groups in total. The second kappa shape index (κ2) is 4.40. The Morgan fingerprint density at radius 3 is 2.81 bits per heavy atom. The van der Waals surface area contributed by atoms with E-state index in [1.807, 2.05) is 6.08 Å². The highest BCUT2D eigenvalue weighted by Gasteiger charge is 2.14. The van der Waals surface area contributed by atoms with Gasteiger partial charge in [-0.15, -0.1) is 0 Å². The highest BCUT2D eigenvalue weighted by Crippen LogP contribution is 2.25. The van der Waals surface area contributed by atoms with Crippen LogP contribution in [0.3, 0.4) is 0 Å². The van der Waals surface area contributed by atoms with Crippen LogP contribution in [0.5, 0.6) is 0 Å². The molecule has 0 aliphatic carbocycles. The molecule has 1 aliphatic rings. The van der Waals surface area contributed by atoms with Crippen molar-refractivity contribution in [3.8, 4) is 0 Å². The van der Waals surface area contributed by atoms with Gasteiger partial charge in [0.05, 0.1) is 11.0 Å². The molecule has 2 rings (SSSR count). The van der Waals surface area contributed by atoms with E-state index >= 15 is 0 Å². The molecule has 16 heavy (non-hydrogen) atoms. The van der Waals surface area contributed by atoms with Gasteiger partial charge in [0, 0.05) is 18.2 Å². The van der Waals surface area contributed by atoms with Crippen LogP contribution in [0.4, 0.5) is 10.1 Å². The minimum absolute atomic E-state index is 0.212. The number of halogens is 1. The van der Waals surface area contributed by atoms with Gasteiger partial charge >= 0.3 is 0 Å². The molecule has 0 saturated heterocycles. The van der Waals surface area contributed by atoms with E-state index in [0.717, 1.165) is 24.6 Å². The van der Waals surface area contributed by atoms with Crippen LogP contribution in [0.25, 0.3) is 5.57 Å². The summed E-state index contributed by atoms with van der Waals surface area (Å²) in [6.07, 6.45) is 2.66. The molecular formula is C11H11FN2O2. The molecule has 0 fully saturated rings. The van der Waals surface area contributed by atoms with Gasteiger partial charge < -0.3 is 5.32 Å². The molecule has 0 atom stereocenters. The topological polar surface area (TPSA) is 55.2 Å². The molecule has 0 spiro atoms. The van der Waals surface area contributed by atoms with Gasteiger partial charge in [-0.1, -0.05) is 6.08 Å². The van der Waals surface area contributed by atoms with Crippen LogP contribution in [0, 0.1) is 15.9 Å². The van der Waals surface area contributed by atoms with Gasteiger partial charge in [-0.05, 0) is 24.6 Å². The molecule has 4 nitrogen and oxygen atoms in total. The number of nitrogens with one attached hydrogen (secondary N) is 1. The van der Waals surface area contributed by atoms with Crippen molar-refractivity contribution in [2.45, 2.75) is 6.42 Å². The average Bonchev–Trinajstić information content (AvgIpc) is 2.30. The summed E-state index contributed by atoms with van der Waals surface area (Å²) < 4.78 is 13.6. The predicted octanol–water partition coefficient (Wildman–Crippen LogP) is 2.11. The number of nitro benzene ring substituents is 1. The number of benzene rings is 1. The van der Waals surface area contributed by atoms with Gasteiger partial charge in [0.1, 0.15) is 5.82 Å². The first-order valence-corrected chi connectivity index (χ1v) is 5.02. The Bertz CT molecular complexity index is 457. The molecule has 0 saturated carbocycles. The number of nitrogens with zero attached hydrogens (tertiary/aromatic N) is 1. The predicted molar refractivity (Wildman–Crippen MR) is 58.5 cm³/mol. The third-order valence-corrected chi connectivity index (χ3v) is 2.57. The number of hydrogen-bond donors (Lipinski definition) is 1. The molecule has 1 heterocycles. The number of nitro groups is 1. The first-order chi connectivity index (χ1) is 7.68. The quantitative estimate of drug-likeness (QED) is 0.616. The third kappa shape index (κ3) is 2.09. The Morgan fingerprint density at radius 2 is 2.25 bits per heavy atom. The Hall–Kier alpha value is -1.75. The fraction of sp³-hybridized carbons (Fsp3) is 0.273. The smallest absolute Gasteiger partial charge is 0.272 e. The van der Waals surface area contributed by atoms with E-state index in [1.54, 1.807) is 0 Å². The van der Waals surface area contributed by atoms with Crippen molar-refractivity contribution in [3.05, 3.63) is 45.8 Å². The third-order valence-electron chi connectivity index (χ3n) is 2.57. The van der Waals surface area contributed by atoms with Gasteiger partial charge in [-0.2, -0.15) is 0 Å². The number of hydrogen-bond acceptors (Lipinski definition) is 3. The number of non-ortho nitro benzene ring substituents is 1. The van der Waals surface area contributed by atoms with Crippen LogP contribution >= 0.6 is 0 Å². The van der Waals surface area contributed by atoms with E-state index in [-0.39, 0.29) is 5.69 Å². The standard InChI is InChI=1S/C11H11FN2O2/c12-11-7-9(14(15)16)1-2-10(11)8-3-5-13-6-4-8/h1-3,7,13H,4-6H2. The number of rotatable bonds is 2. The van der Waals surface area contributed by atoms with Gasteiger partial charge in [-0.25, -0.2) is 4.39 Å². The van der Waals surface area contributed by atoms with Crippen molar-refractivity contribution in [3.63, 3.8) is 0 Å². The molecule has 5 heteroatoms. The summed E-state index contributed by atoms with van der Waals surface area (Å²) in [6.45, 7) is 1.52. The summed E-state index contributed by atoms with van der Waals surface area (Å²) in [6, 6.07) is 3.78. The molecule has 0 unspecified atom stereocenters. The molecule has 1 aromatic rings. The van der Waals surface area contributed by atoms with E-state index in [0.29, 0.717) is 12.1 Å². The van der Waals surface area contributed by atoms with Crippen LogP contribution in [-0.4, -0.2) is 18.0 Å². The molecule has 0 bridgehead atoms. The Balaban J connectivity index is 2.35. The molecular weight excluding hydrogens is 211 g/mol. The lowest BCUT2D eigenvalue weighted by Crippen LogP contribution is -2.20. The Morgan fingerprint density at radius 1 is 1.44 bits per heavy atom. The van der Waals surface area contributed by atoms with Crippen LogP contribution in [0.15, 0.2) is 24.3 Å². The van der Waals surface area contributed by atoms with Crippen molar-refractivity contribution < 1.29 is 9.31 Å². The van der Waals surface area contributed by atoms with Crippen LogP contribution in [-0.2, 0) is 0 Å². The van der Waals surface area contributed by atoms with Crippen molar-refractivity contribution >= 4 is 11.3 Å². The van der Waals surface area contributed by atoms with E-state index in [2.05, 4.69) is 5.32 Å². The van der Waals surface area contributed by atoms with Gasteiger partial charge in [0.15, 0.2) is 0 Å². The SMILES string of the molecule is O=[N+]([O-])c1ccc(C2=CCNCC2)c(F)c1. The fourth-order valence-electron chi connectivity index (χ4n) is 1.75. The maximum Gasteiger partial charge on any atom is 0.272 e. The normalized spacial score (nSPS) is 15.7. The van der Waals surface area contributed by atoms with Crippen molar-refractivity contribution in [1.82, 2.24) is 5.32 Å². The lowest BCUT2D eigenvalue weighted by Gasteiger charge is -2.14. The highest BCUT2D eigenvalue weighted by atomic mass is 19.1. The van der Waals surface area contributed by atoms with Crippen molar-refractivity contribution in [1.29, 1.82) is 0 Å². The zero-order valence-corrected chi connectivity index (χ0v) is 8.57. The van der Waals surface area contributed by atoms with Gasteiger partial charge in [-0.3, -0.25) is 10.1 Å². The molecule has 0 radical (unpaired) electrons. The zero-order chi connectivity index (χ0) is 11.5. The van der Waals surface area contributed by atoms with Crippen LogP contribution in [0.2, 0.25) is 0 Å². The zero-order valence-electron chi connectivity index (χ0n) is 8.57. The average molecular weight is 222 g/mol. The second-order valence-electron chi connectivity index (χ2n) is 3.60. The maximum atomic E-state index is 13.6. The highest BCUT2D eigenvalue weighted by molar-refractivity contribution is 5.68. The van der Waals surface area contributed by atoms with E-state index in [9.17, 15) is 14.5 Å². The molecule has 0 aromatic heterocycles. The van der Waals surface area contributed by atoms with Crippen molar-refractivity contribution in [2.75, 3.05) is 13.1 Å². The summed E-state index contributed by atoms with van der Waals surface area (Å²) in [5.74, 6) is -0.526. The van der Waals surface area contributed by atoms with Gasteiger partial charge in [0.25, 0.3) is 5.69 Å². The summed E-state index contributed by atoms with van der Waals surface area (Å²) in [5, 5.41) is 13.6. The summed E-state index contributed by atoms with van der Waals surface area (Å²) in [4.78, 5) is 9.86. The molecule has 84 valence electrons. The summed E-state index contributed by atoms with van der Waals surface area (Å²) in [7, 11) is 0. The fourth-order valence-corrected chi connectivity index (χ4v) is 1.75. The minimum Gasteiger partial charge on any atom is -0.313 e.